The lowest BCUT2D eigenvalue weighted by Crippen LogP contribution is -2.50. The predicted octanol–water partition coefficient (Wildman–Crippen LogP) is 3.31. The molecule has 0 radical (unpaired) electrons. The summed E-state index contributed by atoms with van der Waals surface area (Å²) in [6.07, 6.45) is 6.60. The number of carbonyl (C=O) groups excluding carboxylic acids is 1. The maximum Gasteiger partial charge on any atom is 0.226 e. The first-order valence-electron chi connectivity index (χ1n) is 9.75. The second kappa shape index (κ2) is 6.64. The van der Waals surface area contributed by atoms with Crippen LogP contribution < -0.4 is 4.74 Å². The number of carbonyl (C=O) groups is 1. The third kappa shape index (κ3) is 3.69. The van der Waals surface area contributed by atoms with Gasteiger partial charge in [0, 0.05) is 24.6 Å². The fourth-order valence-corrected chi connectivity index (χ4v) is 4.52. The zero-order valence-electron chi connectivity index (χ0n) is 15.5. The maximum absolute atomic E-state index is 12.8. The molecule has 0 aromatic heterocycles. The van der Waals surface area contributed by atoms with Crippen LogP contribution in [-0.4, -0.2) is 48.5 Å². The molecule has 2 aliphatic carbocycles. The van der Waals surface area contributed by atoms with Gasteiger partial charge in [0.2, 0.25) is 5.91 Å². The molecule has 0 atom stereocenters. The molecule has 0 bridgehead atoms. The van der Waals surface area contributed by atoms with Gasteiger partial charge in [0.25, 0.3) is 0 Å². The van der Waals surface area contributed by atoms with E-state index in [0.29, 0.717) is 12.5 Å². The van der Waals surface area contributed by atoms with Crippen molar-refractivity contribution in [1.29, 1.82) is 0 Å². The van der Waals surface area contributed by atoms with E-state index in [4.69, 9.17) is 4.74 Å². The van der Waals surface area contributed by atoms with Crippen LogP contribution in [0.2, 0.25) is 0 Å². The number of amides is 1. The average Bonchev–Trinajstić information content (AvgIpc) is 3.42. The molecule has 136 valence electrons. The van der Waals surface area contributed by atoms with Gasteiger partial charge >= 0.3 is 0 Å². The van der Waals surface area contributed by atoms with E-state index in [2.05, 4.69) is 36.0 Å². The van der Waals surface area contributed by atoms with Crippen molar-refractivity contribution < 1.29 is 9.53 Å². The van der Waals surface area contributed by atoms with Crippen molar-refractivity contribution in [3.63, 3.8) is 0 Å². The number of ether oxygens (including phenoxy) is 1. The third-order valence-electron chi connectivity index (χ3n) is 6.02. The third-order valence-corrected chi connectivity index (χ3v) is 6.02. The molecule has 4 nitrogen and oxygen atoms in total. The molecule has 1 aliphatic heterocycles. The van der Waals surface area contributed by atoms with E-state index in [9.17, 15) is 4.79 Å². The van der Waals surface area contributed by atoms with Crippen LogP contribution in [0.1, 0.15) is 44.1 Å². The Morgan fingerprint density at radius 3 is 2.60 bits per heavy atom. The molecule has 4 heteroatoms. The normalized spacial score (nSPS) is 29.2. The Hall–Kier alpha value is -1.55. The highest BCUT2D eigenvalue weighted by atomic mass is 16.5. The molecule has 25 heavy (non-hydrogen) atoms. The Morgan fingerprint density at radius 1 is 1.20 bits per heavy atom. The van der Waals surface area contributed by atoms with E-state index >= 15 is 0 Å². The van der Waals surface area contributed by atoms with Gasteiger partial charge in [0.15, 0.2) is 0 Å². The Bertz CT molecular complexity index is 631. The molecule has 0 N–H and O–H groups in total. The first-order valence-corrected chi connectivity index (χ1v) is 9.75. The summed E-state index contributed by atoms with van der Waals surface area (Å²) < 4.78 is 6.61. The van der Waals surface area contributed by atoms with E-state index < -0.39 is 0 Å². The minimum absolute atomic E-state index is 0.194. The lowest BCUT2D eigenvalue weighted by molar-refractivity contribution is -0.136. The van der Waals surface area contributed by atoms with Gasteiger partial charge in [-0.05, 0) is 64.6 Å². The monoisotopic (exact) mass is 342 g/mol. The van der Waals surface area contributed by atoms with Gasteiger partial charge < -0.3 is 14.5 Å². The van der Waals surface area contributed by atoms with E-state index in [0.717, 1.165) is 56.0 Å². The second-order valence-corrected chi connectivity index (χ2v) is 8.57. The SMILES string of the molecule is CN(C)CC1CCC2(CC1)CN(C(=O)C1CC1)Cc1ccccc1O2. The summed E-state index contributed by atoms with van der Waals surface area (Å²) in [6.45, 7) is 2.61. The first kappa shape index (κ1) is 16.9. The highest BCUT2D eigenvalue weighted by molar-refractivity contribution is 5.81. The highest BCUT2D eigenvalue weighted by Crippen LogP contribution is 2.41. The minimum Gasteiger partial charge on any atom is -0.485 e. The van der Waals surface area contributed by atoms with Crippen molar-refractivity contribution in [2.45, 2.75) is 50.7 Å². The van der Waals surface area contributed by atoms with Crippen molar-refractivity contribution in [3.8, 4) is 5.75 Å². The molecule has 1 aromatic carbocycles. The topological polar surface area (TPSA) is 32.8 Å². The summed E-state index contributed by atoms with van der Waals surface area (Å²) in [5.74, 6) is 2.34. The van der Waals surface area contributed by atoms with Crippen LogP contribution >= 0.6 is 0 Å². The van der Waals surface area contributed by atoms with Gasteiger partial charge in [-0.2, -0.15) is 0 Å². The lowest BCUT2D eigenvalue weighted by Gasteiger charge is -2.42. The fourth-order valence-electron chi connectivity index (χ4n) is 4.52. The predicted molar refractivity (Wildman–Crippen MR) is 98.5 cm³/mol. The Balaban J connectivity index is 1.56. The van der Waals surface area contributed by atoms with Crippen molar-refractivity contribution >= 4 is 5.91 Å². The van der Waals surface area contributed by atoms with Crippen LogP contribution in [0, 0.1) is 11.8 Å². The number of hydrogen-bond donors (Lipinski definition) is 0. The molecule has 1 amide bonds. The molecule has 0 unspecified atom stereocenters. The van der Waals surface area contributed by atoms with Gasteiger partial charge in [0.1, 0.15) is 11.4 Å². The summed E-state index contributed by atoms with van der Waals surface area (Å²) >= 11 is 0. The van der Waals surface area contributed by atoms with Crippen molar-refractivity contribution in [1.82, 2.24) is 9.80 Å². The number of hydrogen-bond acceptors (Lipinski definition) is 3. The molecule has 1 heterocycles. The van der Waals surface area contributed by atoms with E-state index in [1.54, 1.807) is 0 Å². The molecular weight excluding hydrogens is 312 g/mol. The quantitative estimate of drug-likeness (QED) is 0.845. The molecule has 2 saturated carbocycles. The second-order valence-electron chi connectivity index (χ2n) is 8.57. The zero-order chi connectivity index (χ0) is 17.4. The van der Waals surface area contributed by atoms with Crippen molar-refractivity contribution in [2.24, 2.45) is 11.8 Å². The average molecular weight is 342 g/mol. The summed E-state index contributed by atoms with van der Waals surface area (Å²) in [4.78, 5) is 17.2. The molecule has 4 rings (SSSR count). The Morgan fingerprint density at radius 2 is 1.92 bits per heavy atom. The zero-order valence-corrected chi connectivity index (χ0v) is 15.5. The van der Waals surface area contributed by atoms with Gasteiger partial charge in [-0.1, -0.05) is 18.2 Å². The van der Waals surface area contributed by atoms with Crippen LogP contribution in [-0.2, 0) is 11.3 Å². The molecule has 2 fully saturated rings. The smallest absolute Gasteiger partial charge is 0.226 e. The van der Waals surface area contributed by atoms with Gasteiger partial charge in [-0.15, -0.1) is 0 Å². The summed E-state index contributed by atoms with van der Waals surface area (Å²) in [6, 6.07) is 8.28. The van der Waals surface area contributed by atoms with Crippen LogP contribution in [0.5, 0.6) is 5.75 Å². The lowest BCUT2D eigenvalue weighted by atomic mass is 9.78. The summed E-state index contributed by atoms with van der Waals surface area (Å²) in [5, 5.41) is 0. The number of para-hydroxylation sites is 1. The Kier molecular flexibility index (Phi) is 4.48. The van der Waals surface area contributed by atoms with E-state index in [-0.39, 0.29) is 11.5 Å². The minimum atomic E-state index is -0.194. The van der Waals surface area contributed by atoms with Crippen LogP contribution in [0.4, 0.5) is 0 Å². The van der Waals surface area contributed by atoms with Gasteiger partial charge in [-0.25, -0.2) is 0 Å². The highest BCUT2D eigenvalue weighted by Gasteiger charge is 2.44. The maximum atomic E-state index is 12.8. The van der Waals surface area contributed by atoms with Crippen molar-refractivity contribution in [2.75, 3.05) is 27.2 Å². The Labute approximate surface area is 151 Å². The summed E-state index contributed by atoms with van der Waals surface area (Å²) in [5.41, 5.74) is 0.962. The number of fused-ring (bicyclic) bond motifs is 1. The number of rotatable bonds is 3. The van der Waals surface area contributed by atoms with Gasteiger partial charge in [0.05, 0.1) is 6.54 Å². The van der Waals surface area contributed by atoms with Crippen LogP contribution in [0.15, 0.2) is 24.3 Å². The largest absolute Gasteiger partial charge is 0.485 e. The molecule has 0 saturated heterocycles. The van der Waals surface area contributed by atoms with Crippen LogP contribution in [0.25, 0.3) is 0 Å². The van der Waals surface area contributed by atoms with E-state index in [1.165, 1.54) is 12.8 Å². The molecule has 1 aromatic rings. The van der Waals surface area contributed by atoms with Gasteiger partial charge in [-0.3, -0.25) is 4.79 Å². The molecule has 3 aliphatic rings. The van der Waals surface area contributed by atoms with Crippen molar-refractivity contribution in [3.05, 3.63) is 29.8 Å². The van der Waals surface area contributed by atoms with E-state index in [1.807, 2.05) is 12.1 Å². The first-order chi connectivity index (χ1) is 12.0. The standard InChI is InChI=1S/C21H30N2O2/c1-22(2)13-16-9-11-21(12-10-16)15-23(20(24)17-7-8-17)14-18-5-3-4-6-19(18)25-21/h3-6,16-17H,7-15H2,1-2H3. The number of benzene rings is 1. The number of nitrogens with zero attached hydrogens (tertiary/aromatic N) is 2. The molecule has 1 spiro atoms. The molecular formula is C21H30N2O2. The fraction of sp³-hybridized carbons (Fsp3) is 0.667. The summed E-state index contributed by atoms with van der Waals surface area (Å²) in [7, 11) is 4.30. The van der Waals surface area contributed by atoms with Crippen LogP contribution in [0.3, 0.4) is 0 Å².